The SMILES string of the molecule is CNC(=O)CN1CCO[C@H]2CN(CC3CCOC3)C[C@H]21.O=C(O)C(F)(F)F.O=C(O)C(F)(F)F. The predicted molar refractivity (Wildman–Crippen MR) is 102 cm³/mol. The largest absolute Gasteiger partial charge is 0.490 e. The Bertz CT molecular complexity index is 662. The molecule has 3 heterocycles. The van der Waals surface area contributed by atoms with Crippen molar-refractivity contribution in [2.24, 2.45) is 5.92 Å². The zero-order valence-corrected chi connectivity index (χ0v) is 18.2. The first-order valence-corrected chi connectivity index (χ1v) is 10.1. The van der Waals surface area contributed by atoms with E-state index in [1.54, 1.807) is 7.05 Å². The van der Waals surface area contributed by atoms with Crippen molar-refractivity contribution in [1.29, 1.82) is 0 Å². The predicted octanol–water partition coefficient (Wildman–Crippen LogP) is 0.421. The fraction of sp³-hybridized carbons (Fsp3) is 0.833. The first-order valence-electron chi connectivity index (χ1n) is 10.1. The van der Waals surface area contributed by atoms with Crippen molar-refractivity contribution in [2.45, 2.75) is 30.9 Å². The molecule has 0 aromatic heterocycles. The van der Waals surface area contributed by atoms with Gasteiger partial charge in [-0.25, -0.2) is 9.59 Å². The summed E-state index contributed by atoms with van der Waals surface area (Å²) in [6.07, 6.45) is -8.73. The van der Waals surface area contributed by atoms with Crippen LogP contribution < -0.4 is 5.32 Å². The number of morpholine rings is 1. The van der Waals surface area contributed by atoms with Gasteiger partial charge in [-0.1, -0.05) is 0 Å². The number of nitrogens with one attached hydrogen (secondary N) is 1. The standard InChI is InChI=1S/C14H25N3O3.2C2HF3O2/c1-15-14(18)9-17-3-5-20-13-8-16(7-12(13)17)6-11-2-4-19-10-11;2*3-2(4,5)1(6)7/h11-13H,2-10H2,1H3,(H,15,18);2*(H,6,7)/t11?,12-,13+;;/m1../s1. The topological polar surface area (TPSA) is 129 Å². The maximum Gasteiger partial charge on any atom is 0.490 e. The van der Waals surface area contributed by atoms with Crippen LogP contribution in [-0.4, -0.2) is 122 Å². The molecular weight excluding hydrogens is 484 g/mol. The quantitative estimate of drug-likeness (QED) is 0.460. The molecule has 3 aliphatic heterocycles. The number of hydrogen-bond acceptors (Lipinski definition) is 7. The number of carboxylic acids is 2. The Morgan fingerprint density at radius 1 is 1.00 bits per heavy atom. The average molecular weight is 511 g/mol. The minimum atomic E-state index is -5.08. The van der Waals surface area contributed by atoms with Crippen LogP contribution in [0.2, 0.25) is 0 Å². The van der Waals surface area contributed by atoms with Crippen LogP contribution in [0.15, 0.2) is 0 Å². The first-order chi connectivity index (χ1) is 15.6. The zero-order valence-electron chi connectivity index (χ0n) is 18.2. The van der Waals surface area contributed by atoms with Crippen LogP contribution in [0.25, 0.3) is 0 Å². The van der Waals surface area contributed by atoms with E-state index in [0.717, 1.165) is 46.0 Å². The van der Waals surface area contributed by atoms with E-state index in [9.17, 15) is 31.1 Å². The molecule has 0 bridgehead atoms. The Morgan fingerprint density at radius 3 is 2.00 bits per heavy atom. The maximum absolute atomic E-state index is 11.6. The van der Waals surface area contributed by atoms with Gasteiger partial charge in [0.2, 0.25) is 5.91 Å². The van der Waals surface area contributed by atoms with E-state index in [0.29, 0.717) is 18.5 Å². The molecule has 3 N–H and O–H groups in total. The van der Waals surface area contributed by atoms with E-state index < -0.39 is 24.3 Å². The van der Waals surface area contributed by atoms with Gasteiger partial charge < -0.3 is 25.0 Å². The summed E-state index contributed by atoms with van der Waals surface area (Å²) < 4.78 is 74.8. The van der Waals surface area contributed by atoms with Crippen LogP contribution in [0.1, 0.15) is 6.42 Å². The van der Waals surface area contributed by atoms with E-state index in [2.05, 4.69) is 15.1 Å². The maximum atomic E-state index is 11.6. The summed E-state index contributed by atoms with van der Waals surface area (Å²) in [5.74, 6) is -4.75. The van der Waals surface area contributed by atoms with Crippen molar-refractivity contribution in [1.82, 2.24) is 15.1 Å². The molecule has 16 heteroatoms. The Kier molecular flexibility index (Phi) is 11.5. The third-order valence-corrected chi connectivity index (χ3v) is 5.14. The van der Waals surface area contributed by atoms with Crippen LogP contribution in [0.5, 0.6) is 0 Å². The van der Waals surface area contributed by atoms with Crippen LogP contribution in [0, 0.1) is 5.92 Å². The monoisotopic (exact) mass is 511 g/mol. The average Bonchev–Trinajstić information content (AvgIpc) is 3.37. The smallest absolute Gasteiger partial charge is 0.475 e. The highest BCUT2D eigenvalue weighted by Gasteiger charge is 2.41. The third-order valence-electron chi connectivity index (χ3n) is 5.14. The highest BCUT2D eigenvalue weighted by Crippen LogP contribution is 2.25. The van der Waals surface area contributed by atoms with Gasteiger partial charge in [0, 0.05) is 39.8 Å². The summed E-state index contributed by atoms with van der Waals surface area (Å²) in [6.45, 7) is 6.99. The van der Waals surface area contributed by atoms with Gasteiger partial charge >= 0.3 is 24.3 Å². The lowest BCUT2D eigenvalue weighted by Crippen LogP contribution is -2.53. The minimum absolute atomic E-state index is 0.0910. The first kappa shape index (κ1) is 29.9. The molecule has 198 valence electrons. The summed E-state index contributed by atoms with van der Waals surface area (Å²) in [5.41, 5.74) is 0. The van der Waals surface area contributed by atoms with E-state index in [1.165, 1.54) is 6.42 Å². The number of fused-ring (bicyclic) bond motifs is 1. The molecule has 1 amide bonds. The van der Waals surface area contributed by atoms with Gasteiger partial charge in [-0.2, -0.15) is 26.3 Å². The molecule has 0 radical (unpaired) electrons. The van der Waals surface area contributed by atoms with E-state index >= 15 is 0 Å². The van der Waals surface area contributed by atoms with Crippen molar-refractivity contribution in [3.05, 3.63) is 0 Å². The Balaban J connectivity index is 0.000000343. The van der Waals surface area contributed by atoms with Crippen LogP contribution in [0.4, 0.5) is 26.3 Å². The lowest BCUT2D eigenvalue weighted by molar-refractivity contribution is -0.193. The molecule has 0 aromatic rings. The Labute approximate surface area is 190 Å². The molecule has 3 atom stereocenters. The van der Waals surface area contributed by atoms with Crippen molar-refractivity contribution in [3.63, 3.8) is 0 Å². The fourth-order valence-corrected chi connectivity index (χ4v) is 3.54. The molecule has 0 spiro atoms. The number of carbonyl (C=O) groups excluding carboxylic acids is 1. The molecule has 0 aliphatic carbocycles. The van der Waals surface area contributed by atoms with E-state index in [-0.39, 0.29) is 12.0 Å². The number of likely N-dealkylation sites (tertiary alicyclic amines) is 1. The second-order valence-electron chi connectivity index (χ2n) is 7.67. The number of amides is 1. The molecule has 3 aliphatic rings. The number of carbonyl (C=O) groups is 3. The molecule has 3 fully saturated rings. The van der Waals surface area contributed by atoms with Crippen molar-refractivity contribution >= 4 is 17.8 Å². The summed E-state index contributed by atoms with van der Waals surface area (Å²) >= 11 is 0. The highest BCUT2D eigenvalue weighted by molar-refractivity contribution is 5.77. The van der Waals surface area contributed by atoms with Gasteiger partial charge in [-0.15, -0.1) is 0 Å². The summed E-state index contributed by atoms with van der Waals surface area (Å²) in [4.78, 5) is 34.2. The third kappa shape index (κ3) is 10.4. The molecule has 1 unspecified atom stereocenters. The molecule has 3 rings (SSSR count). The second kappa shape index (κ2) is 13.1. The van der Waals surface area contributed by atoms with Gasteiger partial charge in [0.25, 0.3) is 0 Å². The van der Waals surface area contributed by atoms with Crippen LogP contribution >= 0.6 is 0 Å². The number of halogens is 6. The Hall–Kier alpha value is -2.17. The molecular formula is C18H27F6N3O7. The molecule has 3 saturated heterocycles. The lowest BCUT2D eigenvalue weighted by Gasteiger charge is -2.36. The number of aliphatic carboxylic acids is 2. The number of alkyl halides is 6. The fourth-order valence-electron chi connectivity index (χ4n) is 3.54. The summed E-state index contributed by atoms with van der Waals surface area (Å²) in [5, 5.41) is 17.0. The van der Waals surface area contributed by atoms with Crippen molar-refractivity contribution < 1.29 is 60.4 Å². The lowest BCUT2D eigenvalue weighted by atomic mass is 10.1. The molecule has 34 heavy (non-hydrogen) atoms. The highest BCUT2D eigenvalue weighted by atomic mass is 19.4. The second-order valence-corrected chi connectivity index (χ2v) is 7.67. The minimum Gasteiger partial charge on any atom is -0.475 e. The van der Waals surface area contributed by atoms with Crippen molar-refractivity contribution in [2.75, 3.05) is 59.6 Å². The number of rotatable bonds is 4. The van der Waals surface area contributed by atoms with E-state index in [1.807, 2.05) is 0 Å². The molecule has 0 aromatic carbocycles. The van der Waals surface area contributed by atoms with Gasteiger partial charge in [0.15, 0.2) is 0 Å². The van der Waals surface area contributed by atoms with Gasteiger partial charge in [-0.05, 0) is 12.3 Å². The van der Waals surface area contributed by atoms with Gasteiger partial charge in [-0.3, -0.25) is 14.6 Å². The number of nitrogens with zero attached hydrogens (tertiary/aromatic N) is 2. The van der Waals surface area contributed by atoms with Gasteiger partial charge in [0.1, 0.15) is 0 Å². The Morgan fingerprint density at radius 2 is 1.56 bits per heavy atom. The number of likely N-dealkylation sites (N-methyl/N-ethyl adjacent to an activating group) is 1. The van der Waals surface area contributed by atoms with Crippen LogP contribution in [0.3, 0.4) is 0 Å². The molecule has 10 nitrogen and oxygen atoms in total. The molecule has 0 saturated carbocycles. The van der Waals surface area contributed by atoms with Crippen LogP contribution in [-0.2, 0) is 23.9 Å². The number of hydrogen-bond donors (Lipinski definition) is 3. The van der Waals surface area contributed by atoms with Crippen molar-refractivity contribution in [3.8, 4) is 0 Å². The number of ether oxygens (including phenoxy) is 2. The van der Waals surface area contributed by atoms with E-state index in [4.69, 9.17) is 29.3 Å². The summed E-state index contributed by atoms with van der Waals surface area (Å²) in [6, 6.07) is 0.364. The normalized spacial score (nSPS) is 25.3. The van der Waals surface area contributed by atoms with Gasteiger partial charge in [0.05, 0.1) is 31.9 Å². The number of carboxylic acid groups (broad SMARTS) is 2. The zero-order chi connectivity index (χ0) is 26.1. The summed E-state index contributed by atoms with van der Waals surface area (Å²) in [7, 11) is 1.70.